The lowest BCUT2D eigenvalue weighted by atomic mass is 10.1. The van der Waals surface area contributed by atoms with Crippen LogP contribution in [0.1, 0.15) is 30.3 Å². The number of nitrogens with zero attached hydrogens (tertiary/aromatic N) is 2. The number of rotatable bonds is 6. The Labute approximate surface area is 164 Å². The van der Waals surface area contributed by atoms with Crippen LogP contribution in [-0.2, 0) is 19.1 Å². The van der Waals surface area contributed by atoms with Crippen molar-refractivity contribution < 1.29 is 13.2 Å². The molecule has 0 amide bonds. The van der Waals surface area contributed by atoms with Gasteiger partial charge in [-0.15, -0.1) is 0 Å². The van der Waals surface area contributed by atoms with E-state index in [4.69, 9.17) is 12.2 Å². The van der Waals surface area contributed by atoms with E-state index in [1.165, 1.54) is 10.2 Å². The fraction of sp³-hybridized carbons (Fsp3) is 0.412. The van der Waals surface area contributed by atoms with Crippen LogP contribution in [0.5, 0.6) is 0 Å². The van der Waals surface area contributed by atoms with Gasteiger partial charge in [-0.25, -0.2) is 0 Å². The average molecular weight is 449 g/mol. The molecule has 4 nitrogen and oxygen atoms in total. The third kappa shape index (κ3) is 5.44. The molecule has 0 fully saturated rings. The van der Waals surface area contributed by atoms with E-state index < -0.39 is 11.9 Å². The van der Waals surface area contributed by atoms with Crippen molar-refractivity contribution in [3.63, 3.8) is 0 Å². The molecular formula is C17H20BrF3N4S. The molecule has 1 heterocycles. The second-order valence-corrected chi connectivity index (χ2v) is 6.96. The number of aromatic nitrogens is 2. The summed E-state index contributed by atoms with van der Waals surface area (Å²) in [6.07, 6.45) is -2.91. The first kappa shape index (κ1) is 20.7. The van der Waals surface area contributed by atoms with Crippen LogP contribution < -0.4 is 10.6 Å². The number of halogens is 4. The zero-order valence-corrected chi connectivity index (χ0v) is 16.9. The predicted octanol–water partition coefficient (Wildman–Crippen LogP) is 4.91. The van der Waals surface area contributed by atoms with Gasteiger partial charge >= 0.3 is 6.18 Å². The smallest absolute Gasteiger partial charge is 0.362 e. The van der Waals surface area contributed by atoms with Crippen LogP contribution >= 0.6 is 28.1 Å². The van der Waals surface area contributed by atoms with Gasteiger partial charge in [-0.05, 0) is 65.6 Å². The lowest BCUT2D eigenvalue weighted by Crippen LogP contribution is -2.29. The lowest BCUT2D eigenvalue weighted by Gasteiger charge is -2.11. The Kier molecular flexibility index (Phi) is 7.05. The van der Waals surface area contributed by atoms with Crippen LogP contribution in [0.2, 0.25) is 0 Å². The summed E-state index contributed by atoms with van der Waals surface area (Å²) >= 11 is 8.19. The highest BCUT2D eigenvalue weighted by atomic mass is 79.9. The molecule has 0 unspecified atom stereocenters. The highest BCUT2D eigenvalue weighted by molar-refractivity contribution is 9.10. The molecule has 0 spiro atoms. The van der Waals surface area contributed by atoms with E-state index in [0.29, 0.717) is 30.3 Å². The van der Waals surface area contributed by atoms with Crippen molar-refractivity contribution in [1.82, 2.24) is 15.1 Å². The molecule has 1 aromatic carbocycles. The van der Waals surface area contributed by atoms with Gasteiger partial charge in [0.25, 0.3) is 0 Å². The Hall–Kier alpha value is -1.61. The van der Waals surface area contributed by atoms with Gasteiger partial charge in [-0.2, -0.15) is 18.3 Å². The topological polar surface area (TPSA) is 41.9 Å². The molecular weight excluding hydrogens is 429 g/mol. The Balaban J connectivity index is 1.80. The maximum absolute atomic E-state index is 12.8. The molecule has 0 atom stereocenters. The molecule has 2 N–H and O–H groups in total. The first-order chi connectivity index (χ1) is 12.2. The summed E-state index contributed by atoms with van der Waals surface area (Å²) < 4.78 is 39.9. The van der Waals surface area contributed by atoms with Gasteiger partial charge in [-0.1, -0.05) is 19.1 Å². The second kappa shape index (κ2) is 8.85. The van der Waals surface area contributed by atoms with E-state index >= 15 is 0 Å². The van der Waals surface area contributed by atoms with Crippen LogP contribution in [0.25, 0.3) is 0 Å². The van der Waals surface area contributed by atoms with Crippen LogP contribution in [-0.4, -0.2) is 21.4 Å². The van der Waals surface area contributed by atoms with Gasteiger partial charge in [0.2, 0.25) is 0 Å². The molecule has 9 heteroatoms. The Bertz CT molecular complexity index is 757. The molecule has 0 aliphatic heterocycles. The zero-order chi connectivity index (χ0) is 19.3. The van der Waals surface area contributed by atoms with Crippen molar-refractivity contribution in [3.8, 4) is 0 Å². The second-order valence-electron chi connectivity index (χ2n) is 5.75. The quantitative estimate of drug-likeness (QED) is 0.486. The van der Waals surface area contributed by atoms with Crippen molar-refractivity contribution >= 4 is 38.9 Å². The van der Waals surface area contributed by atoms with Gasteiger partial charge < -0.3 is 10.6 Å². The monoisotopic (exact) mass is 448 g/mol. The maximum Gasteiger partial charge on any atom is 0.436 e. The van der Waals surface area contributed by atoms with Crippen LogP contribution in [0, 0.1) is 6.92 Å². The highest BCUT2D eigenvalue weighted by Gasteiger charge is 2.37. The number of hydrogen-bond donors (Lipinski definition) is 2. The summed E-state index contributed by atoms with van der Waals surface area (Å²) in [4.78, 5) is 0. The minimum absolute atomic E-state index is 0.00864. The van der Waals surface area contributed by atoms with Gasteiger partial charge in [0, 0.05) is 18.8 Å². The van der Waals surface area contributed by atoms with Crippen molar-refractivity contribution in [3.05, 3.63) is 45.7 Å². The number of thiocarbonyl (C=S) groups is 1. The average Bonchev–Trinajstić information content (AvgIpc) is 2.88. The third-order valence-corrected chi connectivity index (χ3v) is 5.05. The molecule has 0 aliphatic carbocycles. The summed E-state index contributed by atoms with van der Waals surface area (Å²) in [7, 11) is 0. The van der Waals surface area contributed by atoms with Crippen LogP contribution in [0.3, 0.4) is 0 Å². The summed E-state index contributed by atoms with van der Waals surface area (Å²) in [5, 5.41) is 10.2. The van der Waals surface area contributed by atoms with Crippen molar-refractivity contribution in [2.45, 2.75) is 39.4 Å². The minimum Gasteiger partial charge on any atom is -0.362 e. The molecule has 0 aliphatic rings. The zero-order valence-electron chi connectivity index (χ0n) is 14.5. The molecule has 2 rings (SSSR count). The number of anilines is 1. The number of aryl methyl sites for hydroxylation is 2. The summed E-state index contributed by atoms with van der Waals surface area (Å²) in [6.45, 7) is 4.58. The molecule has 142 valence electrons. The minimum atomic E-state index is -4.47. The molecule has 0 saturated heterocycles. The first-order valence-corrected chi connectivity index (χ1v) is 9.36. The summed E-state index contributed by atoms with van der Waals surface area (Å²) in [6, 6.07) is 7.97. The maximum atomic E-state index is 12.8. The van der Waals surface area contributed by atoms with Crippen LogP contribution in [0.15, 0.2) is 28.7 Å². The SMILES string of the molecule is CCc1ccc(NC(=S)NCCCn2nc(C(F)(F)F)c(Br)c2C)cc1. The van der Waals surface area contributed by atoms with E-state index in [1.54, 1.807) is 6.92 Å². The van der Waals surface area contributed by atoms with Crippen molar-refractivity contribution in [2.75, 3.05) is 11.9 Å². The first-order valence-electron chi connectivity index (χ1n) is 8.16. The Morgan fingerprint density at radius 2 is 1.92 bits per heavy atom. The molecule has 26 heavy (non-hydrogen) atoms. The van der Waals surface area contributed by atoms with Crippen molar-refractivity contribution in [2.24, 2.45) is 0 Å². The fourth-order valence-electron chi connectivity index (χ4n) is 2.35. The fourth-order valence-corrected chi connectivity index (χ4v) is 3.08. The molecule has 0 saturated carbocycles. The highest BCUT2D eigenvalue weighted by Crippen LogP contribution is 2.35. The van der Waals surface area contributed by atoms with Crippen LogP contribution in [0.4, 0.5) is 18.9 Å². The number of alkyl halides is 3. The number of benzene rings is 1. The third-order valence-electron chi connectivity index (χ3n) is 3.85. The Morgan fingerprint density at radius 1 is 1.27 bits per heavy atom. The predicted molar refractivity (Wildman–Crippen MR) is 104 cm³/mol. The Morgan fingerprint density at radius 3 is 2.46 bits per heavy atom. The molecule has 0 bridgehead atoms. The van der Waals surface area contributed by atoms with Gasteiger partial charge in [0.1, 0.15) is 0 Å². The van der Waals surface area contributed by atoms with E-state index in [0.717, 1.165) is 12.1 Å². The normalized spacial score (nSPS) is 11.5. The molecule has 1 aromatic heterocycles. The molecule has 0 radical (unpaired) electrons. The standard InChI is InChI=1S/C17H20BrF3N4S/c1-3-12-5-7-13(8-6-12)23-16(26)22-9-4-10-25-11(2)14(18)15(24-25)17(19,20)21/h5-8H,3-4,9-10H2,1-2H3,(H2,22,23,26). The van der Waals surface area contributed by atoms with E-state index in [-0.39, 0.29) is 4.47 Å². The van der Waals surface area contributed by atoms with E-state index in [2.05, 4.69) is 38.6 Å². The van der Waals surface area contributed by atoms with Gasteiger partial charge in [0.15, 0.2) is 10.8 Å². The lowest BCUT2D eigenvalue weighted by molar-refractivity contribution is -0.142. The van der Waals surface area contributed by atoms with E-state index in [9.17, 15) is 13.2 Å². The summed E-state index contributed by atoms with van der Waals surface area (Å²) in [5.41, 5.74) is 1.69. The van der Waals surface area contributed by atoms with Gasteiger partial charge in [-0.3, -0.25) is 4.68 Å². The van der Waals surface area contributed by atoms with E-state index in [1.807, 2.05) is 24.3 Å². The number of hydrogen-bond acceptors (Lipinski definition) is 2. The van der Waals surface area contributed by atoms with Gasteiger partial charge in [0.05, 0.1) is 10.2 Å². The van der Waals surface area contributed by atoms with Crippen molar-refractivity contribution in [1.29, 1.82) is 0 Å². The summed E-state index contributed by atoms with van der Waals surface area (Å²) in [5.74, 6) is 0. The largest absolute Gasteiger partial charge is 0.436 e. The molecule has 2 aromatic rings. The number of nitrogens with one attached hydrogen (secondary N) is 2.